The Balaban J connectivity index is 3.25. The first-order valence-corrected chi connectivity index (χ1v) is 6.31. The Morgan fingerprint density at radius 3 is 2.14 bits per heavy atom. The fourth-order valence-electron chi connectivity index (χ4n) is 1.77. The maximum atomic E-state index is 3.75. The van der Waals surface area contributed by atoms with Gasteiger partial charge in [-0.1, -0.05) is 59.0 Å². The van der Waals surface area contributed by atoms with Crippen molar-refractivity contribution in [3.8, 4) is 0 Å². The van der Waals surface area contributed by atoms with Crippen molar-refractivity contribution in [2.24, 2.45) is 11.8 Å². The first kappa shape index (κ1) is 13.7. The summed E-state index contributed by atoms with van der Waals surface area (Å²) in [6, 6.07) is 0. The Hall–Kier alpha value is -0.260. The summed E-state index contributed by atoms with van der Waals surface area (Å²) >= 11 is 0. The van der Waals surface area contributed by atoms with Gasteiger partial charge in [0.1, 0.15) is 0 Å². The van der Waals surface area contributed by atoms with E-state index < -0.39 is 0 Å². The average molecular weight is 196 g/mol. The Morgan fingerprint density at radius 2 is 1.57 bits per heavy atom. The monoisotopic (exact) mass is 196 g/mol. The third kappa shape index (κ3) is 8.34. The van der Waals surface area contributed by atoms with E-state index in [1.54, 1.807) is 0 Å². The van der Waals surface area contributed by atoms with Crippen LogP contribution < -0.4 is 0 Å². The molecule has 0 aromatic rings. The minimum Gasteiger partial charge on any atom is -0.103 e. The van der Waals surface area contributed by atoms with E-state index in [0.29, 0.717) is 0 Å². The maximum absolute atomic E-state index is 3.75. The van der Waals surface area contributed by atoms with Crippen LogP contribution in [0.3, 0.4) is 0 Å². The topological polar surface area (TPSA) is 0 Å². The average Bonchev–Trinajstić information content (AvgIpc) is 2.18. The molecule has 2 unspecified atom stereocenters. The van der Waals surface area contributed by atoms with Crippen molar-refractivity contribution >= 4 is 0 Å². The molecule has 0 aromatic carbocycles. The second-order valence-corrected chi connectivity index (χ2v) is 4.77. The van der Waals surface area contributed by atoms with E-state index in [4.69, 9.17) is 0 Å². The number of rotatable bonds is 9. The molecule has 0 spiro atoms. The van der Waals surface area contributed by atoms with E-state index in [2.05, 4.69) is 27.4 Å². The summed E-state index contributed by atoms with van der Waals surface area (Å²) in [5.41, 5.74) is 0. The fourth-order valence-corrected chi connectivity index (χ4v) is 1.77. The lowest BCUT2D eigenvalue weighted by Crippen LogP contribution is -1.97. The van der Waals surface area contributed by atoms with Crippen LogP contribution in [-0.2, 0) is 0 Å². The molecule has 0 nitrogen and oxygen atoms in total. The zero-order valence-corrected chi connectivity index (χ0v) is 10.4. The van der Waals surface area contributed by atoms with Gasteiger partial charge in [-0.05, 0) is 24.7 Å². The summed E-state index contributed by atoms with van der Waals surface area (Å²) < 4.78 is 0. The van der Waals surface area contributed by atoms with Crippen LogP contribution in [0.2, 0.25) is 0 Å². The highest BCUT2D eigenvalue weighted by Gasteiger charge is 2.03. The first-order valence-electron chi connectivity index (χ1n) is 6.31. The number of allylic oxidation sites excluding steroid dienone is 1. The number of hydrogen-bond acceptors (Lipinski definition) is 0. The highest BCUT2D eigenvalue weighted by atomic mass is 14.1. The fraction of sp³-hybridized carbons (Fsp3) is 0.857. The van der Waals surface area contributed by atoms with Crippen LogP contribution >= 0.6 is 0 Å². The minimum absolute atomic E-state index is 0.916. The van der Waals surface area contributed by atoms with Gasteiger partial charge in [0.15, 0.2) is 0 Å². The Bertz CT molecular complexity index is 126. The van der Waals surface area contributed by atoms with Crippen LogP contribution in [0.1, 0.15) is 65.7 Å². The molecule has 0 aromatic heterocycles. The molecule has 84 valence electrons. The third-order valence-corrected chi connectivity index (χ3v) is 3.20. The van der Waals surface area contributed by atoms with E-state index in [9.17, 15) is 0 Å². The van der Waals surface area contributed by atoms with E-state index >= 15 is 0 Å². The van der Waals surface area contributed by atoms with Gasteiger partial charge < -0.3 is 0 Å². The zero-order valence-electron chi connectivity index (χ0n) is 10.4. The predicted molar refractivity (Wildman–Crippen MR) is 66.5 cm³/mol. The highest BCUT2D eigenvalue weighted by molar-refractivity contribution is 4.67. The number of unbranched alkanes of at least 4 members (excludes halogenated alkanes) is 1. The van der Waals surface area contributed by atoms with Crippen molar-refractivity contribution in [2.45, 2.75) is 65.7 Å². The molecular formula is C14H28. The van der Waals surface area contributed by atoms with E-state index in [0.717, 1.165) is 11.8 Å². The van der Waals surface area contributed by atoms with Crippen molar-refractivity contribution in [1.29, 1.82) is 0 Å². The summed E-state index contributed by atoms with van der Waals surface area (Å²) in [6.45, 7) is 10.8. The van der Waals surface area contributed by atoms with Crippen LogP contribution in [0.15, 0.2) is 12.7 Å². The molecule has 2 atom stereocenters. The van der Waals surface area contributed by atoms with Crippen LogP contribution in [0.4, 0.5) is 0 Å². The van der Waals surface area contributed by atoms with E-state index in [1.807, 2.05) is 6.08 Å². The molecular weight excluding hydrogens is 168 g/mol. The molecule has 0 fully saturated rings. The summed E-state index contributed by atoms with van der Waals surface area (Å²) in [6.07, 6.45) is 11.5. The second kappa shape index (κ2) is 9.30. The molecule has 14 heavy (non-hydrogen) atoms. The van der Waals surface area contributed by atoms with Gasteiger partial charge in [-0.2, -0.15) is 0 Å². The normalized spacial score (nSPS) is 15.1. The molecule has 0 aliphatic heterocycles. The lowest BCUT2D eigenvalue weighted by atomic mass is 9.94. The van der Waals surface area contributed by atoms with Crippen LogP contribution in [0.5, 0.6) is 0 Å². The zero-order chi connectivity index (χ0) is 10.8. The largest absolute Gasteiger partial charge is 0.103 e. The summed E-state index contributed by atoms with van der Waals surface area (Å²) in [4.78, 5) is 0. The van der Waals surface area contributed by atoms with E-state index in [-0.39, 0.29) is 0 Å². The predicted octanol–water partition coefficient (Wildman–Crippen LogP) is 5.20. The SMILES string of the molecule is C=CCCCC(C)CCCC(C)CC. The van der Waals surface area contributed by atoms with Crippen molar-refractivity contribution < 1.29 is 0 Å². The molecule has 0 heteroatoms. The van der Waals surface area contributed by atoms with Gasteiger partial charge in [0.2, 0.25) is 0 Å². The molecule has 0 saturated heterocycles. The van der Waals surface area contributed by atoms with Gasteiger partial charge in [-0.3, -0.25) is 0 Å². The Labute approximate surface area is 90.8 Å². The van der Waals surface area contributed by atoms with Crippen LogP contribution in [0, 0.1) is 11.8 Å². The van der Waals surface area contributed by atoms with Crippen molar-refractivity contribution in [2.75, 3.05) is 0 Å². The maximum Gasteiger partial charge on any atom is -0.0353 e. The molecule has 0 amide bonds. The first-order chi connectivity index (χ1) is 6.70. The minimum atomic E-state index is 0.916. The summed E-state index contributed by atoms with van der Waals surface area (Å²) in [7, 11) is 0. The molecule has 0 N–H and O–H groups in total. The lowest BCUT2D eigenvalue weighted by molar-refractivity contribution is 0.413. The standard InChI is InChI=1S/C14H28/c1-5-7-8-10-14(4)12-9-11-13(3)6-2/h5,13-14H,1,6-12H2,2-4H3. The summed E-state index contributed by atoms with van der Waals surface area (Å²) in [5, 5.41) is 0. The molecule has 0 saturated carbocycles. The second-order valence-electron chi connectivity index (χ2n) is 4.77. The van der Waals surface area contributed by atoms with Crippen molar-refractivity contribution in [1.82, 2.24) is 0 Å². The van der Waals surface area contributed by atoms with Crippen molar-refractivity contribution in [3.63, 3.8) is 0 Å². The quantitative estimate of drug-likeness (QED) is 0.351. The molecule has 0 aliphatic rings. The molecule has 0 heterocycles. The van der Waals surface area contributed by atoms with Crippen LogP contribution in [0.25, 0.3) is 0 Å². The summed E-state index contributed by atoms with van der Waals surface area (Å²) in [5.74, 6) is 1.84. The molecule has 0 bridgehead atoms. The smallest absolute Gasteiger partial charge is 0.0353 e. The Morgan fingerprint density at radius 1 is 1.00 bits per heavy atom. The molecule has 0 aliphatic carbocycles. The van der Waals surface area contributed by atoms with Crippen LogP contribution in [-0.4, -0.2) is 0 Å². The highest BCUT2D eigenvalue weighted by Crippen LogP contribution is 2.18. The lowest BCUT2D eigenvalue weighted by Gasteiger charge is -2.12. The Kier molecular flexibility index (Phi) is 9.13. The van der Waals surface area contributed by atoms with Gasteiger partial charge in [0, 0.05) is 0 Å². The third-order valence-electron chi connectivity index (χ3n) is 3.20. The van der Waals surface area contributed by atoms with Gasteiger partial charge in [-0.15, -0.1) is 6.58 Å². The van der Waals surface area contributed by atoms with Gasteiger partial charge in [0.25, 0.3) is 0 Å². The van der Waals surface area contributed by atoms with Crippen molar-refractivity contribution in [3.05, 3.63) is 12.7 Å². The van der Waals surface area contributed by atoms with E-state index in [1.165, 1.54) is 44.9 Å². The molecule has 0 radical (unpaired) electrons. The molecule has 0 rings (SSSR count). The number of hydrogen-bond donors (Lipinski definition) is 0. The van der Waals surface area contributed by atoms with Gasteiger partial charge >= 0.3 is 0 Å². The van der Waals surface area contributed by atoms with Gasteiger partial charge in [0.05, 0.1) is 0 Å². The van der Waals surface area contributed by atoms with Gasteiger partial charge in [-0.25, -0.2) is 0 Å².